The molecule has 7 heteroatoms. The summed E-state index contributed by atoms with van der Waals surface area (Å²) in [6, 6.07) is 15.0. The molecule has 7 nitrogen and oxygen atoms in total. The zero-order chi connectivity index (χ0) is 25.2. The van der Waals surface area contributed by atoms with Gasteiger partial charge in [-0.15, -0.1) is 0 Å². The van der Waals surface area contributed by atoms with Gasteiger partial charge in [-0.3, -0.25) is 19.8 Å². The summed E-state index contributed by atoms with van der Waals surface area (Å²) in [7, 11) is 0. The van der Waals surface area contributed by atoms with E-state index in [0.29, 0.717) is 12.1 Å². The summed E-state index contributed by atoms with van der Waals surface area (Å²) in [6.07, 6.45) is 12.0. The highest BCUT2D eigenvalue weighted by Crippen LogP contribution is 2.33. The van der Waals surface area contributed by atoms with E-state index in [1.165, 1.54) is 41.2 Å². The molecule has 36 heavy (non-hydrogen) atoms. The Kier molecular flexibility index (Phi) is 9.05. The van der Waals surface area contributed by atoms with Gasteiger partial charge in [0.05, 0.1) is 5.52 Å². The van der Waals surface area contributed by atoms with Gasteiger partial charge in [-0.1, -0.05) is 43.2 Å². The van der Waals surface area contributed by atoms with Crippen molar-refractivity contribution in [3.05, 3.63) is 77.0 Å². The third kappa shape index (κ3) is 6.70. The molecule has 0 unspecified atom stereocenters. The van der Waals surface area contributed by atoms with E-state index in [9.17, 15) is 9.59 Å². The number of aryl methyl sites for hydroxylation is 1. The molecule has 3 aromatic rings. The van der Waals surface area contributed by atoms with Crippen LogP contribution in [-0.2, 0) is 17.6 Å². The standard InChI is InChI=1S/C29H34N4O3/c34-27(18-15-21-13-16-22(17-14-21)29(35)33-36)30-19-7-1-2-8-20-31-28-23-9-3-5-11-25(23)32-26-12-6-4-10-24(26)28/h3,5,9,11,13-18,36H,1-2,4,6-8,10,12,19-20H2,(H,30,34)(H,31,32)(H,33,35). The Morgan fingerprint density at radius 2 is 1.67 bits per heavy atom. The van der Waals surface area contributed by atoms with Crippen LogP contribution in [0, 0.1) is 0 Å². The van der Waals surface area contributed by atoms with Crippen molar-refractivity contribution in [2.45, 2.75) is 51.4 Å². The molecule has 0 aliphatic heterocycles. The molecule has 0 saturated heterocycles. The predicted octanol–water partition coefficient (Wildman–Crippen LogP) is 5.03. The number of hydroxylamine groups is 1. The fourth-order valence-corrected chi connectivity index (χ4v) is 4.64. The number of nitrogens with one attached hydrogen (secondary N) is 3. The third-order valence-electron chi connectivity index (χ3n) is 6.58. The van der Waals surface area contributed by atoms with Gasteiger partial charge in [0, 0.05) is 41.5 Å². The molecule has 4 N–H and O–H groups in total. The molecule has 0 atom stereocenters. The minimum Gasteiger partial charge on any atom is -0.384 e. The number of aromatic nitrogens is 1. The Balaban J connectivity index is 1.14. The van der Waals surface area contributed by atoms with Crippen LogP contribution in [0.4, 0.5) is 5.69 Å². The average Bonchev–Trinajstić information content (AvgIpc) is 2.92. The number of amides is 2. The summed E-state index contributed by atoms with van der Waals surface area (Å²) < 4.78 is 0. The van der Waals surface area contributed by atoms with Gasteiger partial charge in [-0.25, -0.2) is 5.48 Å². The van der Waals surface area contributed by atoms with E-state index in [2.05, 4.69) is 34.9 Å². The number of hydrogen-bond donors (Lipinski definition) is 4. The molecule has 1 aliphatic rings. The monoisotopic (exact) mass is 486 g/mol. The summed E-state index contributed by atoms with van der Waals surface area (Å²) in [4.78, 5) is 28.3. The van der Waals surface area contributed by atoms with Crippen molar-refractivity contribution in [1.29, 1.82) is 0 Å². The molecule has 0 spiro atoms. The number of nitrogens with zero attached hydrogens (tertiary/aromatic N) is 1. The Labute approximate surface area is 212 Å². The fraction of sp³-hybridized carbons (Fsp3) is 0.345. The number of anilines is 1. The lowest BCUT2D eigenvalue weighted by Gasteiger charge is -2.21. The molecule has 1 heterocycles. The highest BCUT2D eigenvalue weighted by molar-refractivity contribution is 5.95. The SMILES string of the molecule is O=C(C=Cc1ccc(C(=O)NO)cc1)NCCCCCCNc1c2c(nc3ccccc13)CCCC2. The van der Waals surface area contributed by atoms with Crippen molar-refractivity contribution in [1.82, 2.24) is 15.8 Å². The lowest BCUT2D eigenvalue weighted by molar-refractivity contribution is -0.116. The Hall–Kier alpha value is -3.71. The molecule has 1 aromatic heterocycles. The van der Waals surface area contributed by atoms with Gasteiger partial charge in [-0.2, -0.15) is 0 Å². The van der Waals surface area contributed by atoms with Crippen LogP contribution in [0.1, 0.15) is 65.7 Å². The van der Waals surface area contributed by atoms with Gasteiger partial charge in [0.1, 0.15) is 0 Å². The maximum atomic E-state index is 12.0. The first kappa shape index (κ1) is 25.4. The van der Waals surface area contributed by atoms with Crippen LogP contribution < -0.4 is 16.1 Å². The summed E-state index contributed by atoms with van der Waals surface area (Å²) in [5.41, 5.74) is 7.77. The molecule has 2 aromatic carbocycles. The summed E-state index contributed by atoms with van der Waals surface area (Å²) in [5.74, 6) is -0.702. The number of hydrogen-bond acceptors (Lipinski definition) is 5. The van der Waals surface area contributed by atoms with Gasteiger partial charge in [0.25, 0.3) is 5.91 Å². The average molecular weight is 487 g/mol. The second kappa shape index (κ2) is 12.8. The molecule has 0 fully saturated rings. The van der Waals surface area contributed by atoms with E-state index >= 15 is 0 Å². The van der Waals surface area contributed by atoms with E-state index in [-0.39, 0.29) is 5.91 Å². The fourth-order valence-electron chi connectivity index (χ4n) is 4.64. The van der Waals surface area contributed by atoms with E-state index in [1.54, 1.807) is 35.8 Å². The largest absolute Gasteiger partial charge is 0.384 e. The van der Waals surface area contributed by atoms with Crippen LogP contribution in [-0.4, -0.2) is 35.1 Å². The van der Waals surface area contributed by atoms with Crippen molar-refractivity contribution in [3.63, 3.8) is 0 Å². The van der Waals surface area contributed by atoms with E-state index in [0.717, 1.165) is 56.1 Å². The smallest absolute Gasteiger partial charge is 0.274 e. The van der Waals surface area contributed by atoms with Crippen molar-refractivity contribution >= 4 is 34.5 Å². The van der Waals surface area contributed by atoms with E-state index < -0.39 is 5.91 Å². The van der Waals surface area contributed by atoms with Crippen molar-refractivity contribution in [2.24, 2.45) is 0 Å². The molecule has 188 valence electrons. The lowest BCUT2D eigenvalue weighted by Crippen LogP contribution is -2.22. The summed E-state index contributed by atoms with van der Waals surface area (Å²) in [5, 5.41) is 16.5. The first-order valence-electron chi connectivity index (χ1n) is 12.8. The van der Waals surface area contributed by atoms with Crippen molar-refractivity contribution in [3.8, 4) is 0 Å². The molecule has 1 aliphatic carbocycles. The summed E-state index contributed by atoms with van der Waals surface area (Å²) >= 11 is 0. The highest BCUT2D eigenvalue weighted by Gasteiger charge is 2.17. The number of unbranched alkanes of at least 4 members (excludes halogenated alkanes) is 3. The van der Waals surface area contributed by atoms with Gasteiger partial charge >= 0.3 is 0 Å². The number of para-hydroxylation sites is 1. The number of carbonyl (C=O) groups is 2. The molecular formula is C29H34N4O3. The Bertz CT molecular complexity index is 1220. The van der Waals surface area contributed by atoms with Crippen LogP contribution >= 0.6 is 0 Å². The topological polar surface area (TPSA) is 103 Å². The molecule has 4 rings (SSSR count). The lowest BCUT2D eigenvalue weighted by atomic mass is 9.92. The second-order valence-electron chi connectivity index (χ2n) is 9.16. The van der Waals surface area contributed by atoms with Gasteiger partial charge < -0.3 is 10.6 Å². The number of rotatable bonds is 11. The zero-order valence-electron chi connectivity index (χ0n) is 20.6. The molecule has 0 saturated carbocycles. The van der Waals surface area contributed by atoms with Crippen molar-refractivity contribution in [2.75, 3.05) is 18.4 Å². The third-order valence-corrected chi connectivity index (χ3v) is 6.58. The maximum Gasteiger partial charge on any atom is 0.274 e. The minimum absolute atomic E-state index is 0.136. The molecule has 2 amide bonds. The highest BCUT2D eigenvalue weighted by atomic mass is 16.5. The molecular weight excluding hydrogens is 452 g/mol. The Morgan fingerprint density at radius 1 is 0.917 bits per heavy atom. The summed E-state index contributed by atoms with van der Waals surface area (Å²) in [6.45, 7) is 1.59. The number of benzene rings is 2. The van der Waals surface area contributed by atoms with Crippen LogP contribution in [0.25, 0.3) is 17.0 Å². The second-order valence-corrected chi connectivity index (χ2v) is 9.16. The number of pyridine rings is 1. The predicted molar refractivity (Wildman–Crippen MR) is 143 cm³/mol. The maximum absolute atomic E-state index is 12.0. The van der Waals surface area contributed by atoms with Crippen LogP contribution in [0.15, 0.2) is 54.6 Å². The first-order chi connectivity index (χ1) is 17.7. The molecule has 0 radical (unpaired) electrons. The zero-order valence-corrected chi connectivity index (χ0v) is 20.6. The van der Waals surface area contributed by atoms with E-state index in [4.69, 9.17) is 10.2 Å². The van der Waals surface area contributed by atoms with Crippen molar-refractivity contribution < 1.29 is 14.8 Å². The van der Waals surface area contributed by atoms with Crippen LogP contribution in [0.2, 0.25) is 0 Å². The molecule has 0 bridgehead atoms. The van der Waals surface area contributed by atoms with Gasteiger partial charge in [-0.05, 0) is 73.9 Å². The van der Waals surface area contributed by atoms with E-state index in [1.807, 2.05) is 0 Å². The number of fused-ring (bicyclic) bond motifs is 2. The quantitative estimate of drug-likeness (QED) is 0.132. The number of carbonyl (C=O) groups excluding carboxylic acids is 2. The van der Waals surface area contributed by atoms with Gasteiger partial charge in [0.15, 0.2) is 0 Å². The van der Waals surface area contributed by atoms with Crippen LogP contribution in [0.5, 0.6) is 0 Å². The van der Waals surface area contributed by atoms with Gasteiger partial charge in [0.2, 0.25) is 5.91 Å². The Morgan fingerprint density at radius 3 is 2.47 bits per heavy atom. The normalized spacial score (nSPS) is 12.9. The first-order valence-corrected chi connectivity index (χ1v) is 12.8. The van der Waals surface area contributed by atoms with Crippen LogP contribution in [0.3, 0.4) is 0 Å². The minimum atomic E-state index is -0.566.